The van der Waals surface area contributed by atoms with Gasteiger partial charge in [-0.05, 0) is 74.1 Å². The molecular formula is C33H40FN5O3. The number of anilines is 1. The second-order valence-electron chi connectivity index (χ2n) is 11.1. The van der Waals surface area contributed by atoms with Crippen molar-refractivity contribution < 1.29 is 18.8 Å². The molecule has 0 unspecified atom stereocenters. The van der Waals surface area contributed by atoms with Gasteiger partial charge in [-0.25, -0.2) is 4.39 Å². The highest BCUT2D eigenvalue weighted by Gasteiger charge is 2.30. The summed E-state index contributed by atoms with van der Waals surface area (Å²) in [5.41, 5.74) is 8.69. The van der Waals surface area contributed by atoms with Gasteiger partial charge < -0.3 is 21.3 Å². The van der Waals surface area contributed by atoms with Gasteiger partial charge in [0.1, 0.15) is 11.5 Å². The van der Waals surface area contributed by atoms with Crippen molar-refractivity contribution in [3.8, 4) is 0 Å². The highest BCUT2D eigenvalue weighted by molar-refractivity contribution is 5.98. The fourth-order valence-corrected chi connectivity index (χ4v) is 5.48. The van der Waals surface area contributed by atoms with E-state index in [4.69, 9.17) is 5.73 Å². The van der Waals surface area contributed by atoms with Gasteiger partial charge in [0.2, 0.25) is 5.91 Å². The third-order valence-corrected chi connectivity index (χ3v) is 7.82. The number of pyridine rings is 1. The van der Waals surface area contributed by atoms with Crippen LogP contribution in [0.1, 0.15) is 72.4 Å². The number of aromatic nitrogens is 1. The van der Waals surface area contributed by atoms with E-state index in [-0.39, 0.29) is 35.3 Å². The number of nitrogens with zero attached hydrogens (tertiary/aromatic N) is 2. The molecule has 0 spiro atoms. The fourth-order valence-electron chi connectivity index (χ4n) is 5.48. The third-order valence-electron chi connectivity index (χ3n) is 7.82. The van der Waals surface area contributed by atoms with E-state index < -0.39 is 18.0 Å². The van der Waals surface area contributed by atoms with Gasteiger partial charge in [0.05, 0.1) is 0 Å². The van der Waals surface area contributed by atoms with Gasteiger partial charge in [-0.3, -0.25) is 19.4 Å². The lowest BCUT2D eigenvalue weighted by Crippen LogP contribution is -2.50. The Hall–Kier alpha value is -4.11. The zero-order chi connectivity index (χ0) is 30.1. The standard InChI is InChI=1S/C33H40FN5O3/c1-3-8-27-11-7-18-39(27)33(42)30-21-24(16-17-36-30)32(41)38-29(20-23-9-5-4-6-10-23)28(35)19-22(2)31(40)37-26-14-12-25(34)13-15-26/h4-6,9-10,12-17,21-22,27-29H,3,7-8,11,18-20,35H2,1-2H3,(H,37,40)(H,38,41)/t22-,27+,28+,29+/m1/s1. The summed E-state index contributed by atoms with van der Waals surface area (Å²) >= 11 is 0. The van der Waals surface area contributed by atoms with Crippen molar-refractivity contribution in [1.82, 2.24) is 15.2 Å². The molecule has 4 rings (SSSR count). The summed E-state index contributed by atoms with van der Waals surface area (Å²) in [7, 11) is 0. The van der Waals surface area contributed by atoms with E-state index in [1.165, 1.54) is 30.5 Å². The maximum Gasteiger partial charge on any atom is 0.272 e. The molecular weight excluding hydrogens is 533 g/mol. The molecule has 42 heavy (non-hydrogen) atoms. The molecule has 4 N–H and O–H groups in total. The quantitative estimate of drug-likeness (QED) is 0.283. The number of carbonyl (C=O) groups excluding carboxylic acids is 3. The van der Waals surface area contributed by atoms with Crippen molar-refractivity contribution >= 4 is 23.4 Å². The maximum absolute atomic E-state index is 13.5. The van der Waals surface area contributed by atoms with Crippen LogP contribution in [0.3, 0.4) is 0 Å². The third kappa shape index (κ3) is 8.22. The Kier molecular flexibility index (Phi) is 10.8. The molecule has 3 aromatic rings. The van der Waals surface area contributed by atoms with Crippen LogP contribution >= 0.6 is 0 Å². The average molecular weight is 574 g/mol. The van der Waals surface area contributed by atoms with Crippen LogP contribution in [0, 0.1) is 11.7 Å². The molecule has 1 aliphatic rings. The summed E-state index contributed by atoms with van der Waals surface area (Å²) < 4.78 is 13.2. The second-order valence-corrected chi connectivity index (χ2v) is 11.1. The summed E-state index contributed by atoms with van der Waals surface area (Å²) in [5.74, 6) is -1.62. The maximum atomic E-state index is 13.5. The van der Waals surface area contributed by atoms with Crippen molar-refractivity contribution in [1.29, 1.82) is 0 Å². The number of halogens is 1. The topological polar surface area (TPSA) is 117 Å². The lowest BCUT2D eigenvalue weighted by Gasteiger charge is -2.27. The first-order valence-electron chi connectivity index (χ1n) is 14.7. The van der Waals surface area contributed by atoms with E-state index >= 15 is 0 Å². The monoisotopic (exact) mass is 573 g/mol. The van der Waals surface area contributed by atoms with Crippen LogP contribution in [-0.4, -0.2) is 52.3 Å². The van der Waals surface area contributed by atoms with E-state index in [9.17, 15) is 18.8 Å². The van der Waals surface area contributed by atoms with E-state index in [2.05, 4.69) is 22.5 Å². The Bertz CT molecular complexity index is 1350. The van der Waals surface area contributed by atoms with E-state index in [0.29, 0.717) is 30.6 Å². The van der Waals surface area contributed by atoms with E-state index in [1.54, 1.807) is 19.1 Å². The van der Waals surface area contributed by atoms with Crippen LogP contribution < -0.4 is 16.4 Å². The van der Waals surface area contributed by atoms with Crippen LogP contribution in [0.5, 0.6) is 0 Å². The average Bonchev–Trinajstić information content (AvgIpc) is 3.46. The SMILES string of the molecule is CCC[C@H]1CCCN1C(=O)c1cc(C(=O)N[C@@H](Cc2ccccc2)[C@@H](N)C[C@@H](C)C(=O)Nc2ccc(F)cc2)ccn1. The van der Waals surface area contributed by atoms with Crippen LogP contribution in [0.25, 0.3) is 0 Å². The van der Waals surface area contributed by atoms with Crippen molar-refractivity contribution in [3.05, 3.63) is 95.6 Å². The summed E-state index contributed by atoms with van der Waals surface area (Å²) in [6, 6.07) is 17.5. The minimum absolute atomic E-state index is 0.154. The molecule has 0 bridgehead atoms. The number of rotatable bonds is 12. The molecule has 1 saturated heterocycles. The highest BCUT2D eigenvalue weighted by atomic mass is 19.1. The second kappa shape index (κ2) is 14.7. The van der Waals surface area contributed by atoms with Crippen LogP contribution in [0.4, 0.5) is 10.1 Å². The lowest BCUT2D eigenvalue weighted by molar-refractivity contribution is -0.119. The summed E-state index contributed by atoms with van der Waals surface area (Å²) in [6.45, 7) is 4.58. The smallest absolute Gasteiger partial charge is 0.272 e. The van der Waals surface area contributed by atoms with Gasteiger partial charge in [-0.2, -0.15) is 0 Å². The first kappa shape index (κ1) is 30.8. The summed E-state index contributed by atoms with van der Waals surface area (Å²) in [4.78, 5) is 45.7. The molecule has 1 fully saturated rings. The predicted molar refractivity (Wildman–Crippen MR) is 161 cm³/mol. The number of benzene rings is 2. The van der Waals surface area contributed by atoms with Crippen LogP contribution in [-0.2, 0) is 11.2 Å². The number of likely N-dealkylation sites (tertiary alicyclic amines) is 1. The van der Waals surface area contributed by atoms with Crippen molar-refractivity contribution in [2.75, 3.05) is 11.9 Å². The Labute approximate surface area is 246 Å². The molecule has 222 valence electrons. The Balaban J connectivity index is 1.46. The molecule has 9 heteroatoms. The molecule has 1 aromatic heterocycles. The predicted octanol–water partition coefficient (Wildman–Crippen LogP) is 4.96. The fraction of sp³-hybridized carbons (Fsp3) is 0.394. The van der Waals surface area contributed by atoms with Gasteiger partial charge in [0, 0.05) is 48.0 Å². The molecule has 0 radical (unpaired) electrons. The molecule has 4 atom stereocenters. The highest BCUT2D eigenvalue weighted by Crippen LogP contribution is 2.23. The van der Waals surface area contributed by atoms with Crippen molar-refractivity contribution in [2.45, 2.75) is 70.5 Å². The lowest BCUT2D eigenvalue weighted by atomic mass is 9.92. The van der Waals surface area contributed by atoms with Gasteiger partial charge in [0.15, 0.2) is 0 Å². The number of amides is 3. The molecule has 2 heterocycles. The van der Waals surface area contributed by atoms with Crippen LogP contribution in [0.15, 0.2) is 72.9 Å². The number of hydrogen-bond acceptors (Lipinski definition) is 5. The first-order valence-corrected chi connectivity index (χ1v) is 14.7. The number of nitrogens with two attached hydrogens (primary N) is 1. The van der Waals surface area contributed by atoms with Crippen molar-refractivity contribution in [2.24, 2.45) is 11.7 Å². The zero-order valence-electron chi connectivity index (χ0n) is 24.3. The van der Waals surface area contributed by atoms with Crippen molar-refractivity contribution in [3.63, 3.8) is 0 Å². The van der Waals surface area contributed by atoms with Gasteiger partial charge in [0.25, 0.3) is 11.8 Å². The molecule has 3 amide bonds. The Morgan fingerprint density at radius 1 is 1.10 bits per heavy atom. The Morgan fingerprint density at radius 3 is 2.55 bits per heavy atom. The number of hydrogen-bond donors (Lipinski definition) is 3. The minimum Gasteiger partial charge on any atom is -0.347 e. The largest absolute Gasteiger partial charge is 0.347 e. The Morgan fingerprint density at radius 2 is 1.83 bits per heavy atom. The van der Waals surface area contributed by atoms with E-state index in [1.807, 2.05) is 35.2 Å². The summed E-state index contributed by atoms with van der Waals surface area (Å²) in [6.07, 6.45) is 6.16. The molecule has 0 saturated carbocycles. The van der Waals surface area contributed by atoms with E-state index in [0.717, 1.165) is 31.2 Å². The zero-order valence-corrected chi connectivity index (χ0v) is 24.3. The van der Waals surface area contributed by atoms with Crippen LogP contribution in [0.2, 0.25) is 0 Å². The summed E-state index contributed by atoms with van der Waals surface area (Å²) in [5, 5.41) is 5.85. The molecule has 0 aliphatic carbocycles. The normalized spacial score (nSPS) is 16.9. The molecule has 8 nitrogen and oxygen atoms in total. The van der Waals surface area contributed by atoms with Gasteiger partial charge in [-0.1, -0.05) is 50.6 Å². The minimum atomic E-state index is -0.550. The number of nitrogens with one attached hydrogen (secondary N) is 2. The molecule has 2 aromatic carbocycles. The number of carbonyl (C=O) groups is 3. The molecule has 1 aliphatic heterocycles. The van der Waals surface area contributed by atoms with Gasteiger partial charge in [-0.15, -0.1) is 0 Å². The first-order chi connectivity index (χ1) is 20.2. The van der Waals surface area contributed by atoms with Gasteiger partial charge >= 0.3 is 0 Å².